The van der Waals surface area contributed by atoms with Crippen LogP contribution < -0.4 is 17.1 Å². The highest BCUT2D eigenvalue weighted by molar-refractivity contribution is 6.42. The molecule has 2 unspecified atom stereocenters. The average Bonchev–Trinajstić information content (AvgIpc) is 3.03. The molecule has 0 radical (unpaired) electrons. The van der Waals surface area contributed by atoms with Gasteiger partial charge in [-0.1, -0.05) is 71.7 Å². The van der Waals surface area contributed by atoms with Crippen molar-refractivity contribution in [2.24, 2.45) is 5.92 Å². The Balaban J connectivity index is 0.00000384. The molecule has 0 saturated carbocycles. The molecule has 0 aromatic heterocycles. The van der Waals surface area contributed by atoms with E-state index in [4.69, 9.17) is 27.9 Å². The fraction of sp³-hybridized carbons (Fsp3) is 0.486. The van der Waals surface area contributed by atoms with Crippen LogP contribution in [0, 0.1) is 5.92 Å². The molecule has 0 aliphatic carbocycles. The Morgan fingerprint density at radius 1 is 0.932 bits per heavy atom. The lowest BCUT2D eigenvalue weighted by atomic mass is 9.65. The normalized spacial score (nSPS) is 27.1. The van der Waals surface area contributed by atoms with E-state index >= 15 is 0 Å². The van der Waals surface area contributed by atoms with Crippen LogP contribution in [0.15, 0.2) is 72.8 Å². The number of hydrogen-bond acceptors (Lipinski definition) is 2. The quantitative estimate of drug-likeness (QED) is 0.294. The summed E-state index contributed by atoms with van der Waals surface area (Å²) < 4.78 is 7.08. The second kappa shape index (κ2) is 13.6. The Morgan fingerprint density at radius 2 is 1.64 bits per heavy atom. The molecule has 4 aliphatic rings. The van der Waals surface area contributed by atoms with Gasteiger partial charge in [0.1, 0.15) is 5.75 Å². The molecule has 3 aromatic rings. The molecule has 1 amide bonds. The minimum absolute atomic E-state index is 0. The molecular weight excluding hydrogens is 611 g/mol. The summed E-state index contributed by atoms with van der Waals surface area (Å²) in [4.78, 5) is 16.3. The van der Waals surface area contributed by atoms with E-state index in [1.165, 1.54) is 44.5 Å². The molecule has 3 aromatic carbocycles. The monoisotopic (exact) mass is 654 g/mol. The van der Waals surface area contributed by atoms with Crippen LogP contribution >= 0.6 is 23.2 Å². The molecule has 7 rings (SSSR count). The van der Waals surface area contributed by atoms with E-state index in [0.717, 1.165) is 40.7 Å². The van der Waals surface area contributed by atoms with Crippen molar-refractivity contribution < 1.29 is 26.4 Å². The lowest BCUT2D eigenvalue weighted by Gasteiger charge is -2.60. The van der Waals surface area contributed by atoms with E-state index < -0.39 is 0 Å². The van der Waals surface area contributed by atoms with Gasteiger partial charge in [-0.3, -0.25) is 4.79 Å². The van der Waals surface area contributed by atoms with Gasteiger partial charge in [0.05, 0.1) is 54.3 Å². The van der Waals surface area contributed by atoms with Gasteiger partial charge >= 0.3 is 0 Å². The number of carbonyl (C=O) groups is 1. The van der Waals surface area contributed by atoms with Crippen molar-refractivity contribution in [1.29, 1.82) is 0 Å². The maximum atomic E-state index is 14.2. The van der Waals surface area contributed by atoms with Crippen molar-refractivity contribution in [2.75, 3.05) is 26.2 Å². The predicted molar refractivity (Wildman–Crippen MR) is 176 cm³/mol. The second-order valence-electron chi connectivity index (χ2n) is 13.5. The number of piperidine rings is 4. The van der Waals surface area contributed by atoms with Gasteiger partial charge in [-0.15, -0.1) is 0 Å². The second-order valence-corrected chi connectivity index (χ2v) is 14.3. The first-order valence-corrected chi connectivity index (χ1v) is 16.9. The molecule has 3 atom stereocenters. The zero-order valence-corrected chi connectivity index (χ0v) is 28.4. The number of ether oxygens (including phenoxy) is 1. The molecule has 4 nitrogen and oxygen atoms in total. The fourth-order valence-electron chi connectivity index (χ4n) is 8.47. The fourth-order valence-corrected chi connectivity index (χ4v) is 8.78. The van der Waals surface area contributed by atoms with Crippen LogP contribution in [0.3, 0.4) is 0 Å². The van der Waals surface area contributed by atoms with Gasteiger partial charge < -0.3 is 26.5 Å². The summed E-state index contributed by atoms with van der Waals surface area (Å²) in [6, 6.07) is 25.6. The van der Waals surface area contributed by atoms with E-state index in [1.807, 2.05) is 50.2 Å². The number of halogens is 3. The predicted octanol–water partition coefficient (Wildman–Crippen LogP) is 5.65. The Kier molecular flexibility index (Phi) is 10.3. The maximum Gasteiger partial charge on any atom is 0.227 e. The van der Waals surface area contributed by atoms with Crippen molar-refractivity contribution in [2.45, 2.75) is 82.9 Å². The molecule has 0 spiro atoms. The smallest absolute Gasteiger partial charge is 0.227 e. The molecule has 2 bridgehead atoms. The molecule has 236 valence electrons. The van der Waals surface area contributed by atoms with Gasteiger partial charge in [0.25, 0.3) is 0 Å². The first-order valence-electron chi connectivity index (χ1n) is 16.1. The van der Waals surface area contributed by atoms with Gasteiger partial charge in [0, 0.05) is 37.1 Å². The zero-order valence-electron chi connectivity index (χ0n) is 26.2. The third-order valence-electron chi connectivity index (χ3n) is 10.9. The van der Waals surface area contributed by atoms with Crippen LogP contribution in [0.2, 0.25) is 10.0 Å². The number of quaternary nitrogens is 1. The maximum absolute atomic E-state index is 14.2. The van der Waals surface area contributed by atoms with Crippen LogP contribution in [0.1, 0.15) is 75.6 Å². The van der Waals surface area contributed by atoms with Gasteiger partial charge in [0.15, 0.2) is 0 Å². The number of nitrogens with zero attached hydrogens (tertiary/aromatic N) is 2. The van der Waals surface area contributed by atoms with Crippen molar-refractivity contribution in [1.82, 2.24) is 4.90 Å². The van der Waals surface area contributed by atoms with E-state index in [0.29, 0.717) is 33.8 Å². The third kappa shape index (κ3) is 6.51. The average molecular weight is 656 g/mol. The topological polar surface area (TPSA) is 29.5 Å². The third-order valence-corrected chi connectivity index (χ3v) is 11.6. The first-order chi connectivity index (χ1) is 20.7. The highest BCUT2D eigenvalue weighted by Crippen LogP contribution is 2.50. The van der Waals surface area contributed by atoms with E-state index in [-0.39, 0.29) is 30.5 Å². The zero-order chi connectivity index (χ0) is 30.2. The standard InChI is InChI=1S/C37H45Cl2N2O2.ClH/c1-26(2)43-31-12-7-9-28(23-31)24-35(42)40-19-8-13-32(36(40)29-14-15-33(38)34(39)25-29)27(3)41-20-16-37(17-21-41,18-22-41)30-10-5-4-6-11-30;/h4-7,9-12,14-15,23,25-27,32,36H,8,13,16-22,24H2,1-3H3;1H/q+1;/p-1/t27-,32?,36?,37?,41?;/m0./s1. The van der Waals surface area contributed by atoms with Crippen LogP contribution in [0.25, 0.3) is 0 Å². The number of rotatable bonds is 8. The van der Waals surface area contributed by atoms with Crippen LogP contribution in [-0.2, 0) is 16.6 Å². The van der Waals surface area contributed by atoms with Gasteiger partial charge in [-0.25, -0.2) is 0 Å². The van der Waals surface area contributed by atoms with Crippen LogP contribution in [-0.4, -0.2) is 53.6 Å². The first kappa shape index (κ1) is 33.1. The number of fused-ring (bicyclic) bond motifs is 3. The Hall–Kier alpha value is -2.24. The summed E-state index contributed by atoms with van der Waals surface area (Å²) in [7, 11) is 0. The molecule has 0 N–H and O–H groups in total. The minimum atomic E-state index is -0.0312. The summed E-state index contributed by atoms with van der Waals surface area (Å²) in [5, 5.41) is 1.11. The van der Waals surface area contributed by atoms with Crippen LogP contribution in [0.5, 0.6) is 5.75 Å². The largest absolute Gasteiger partial charge is 1.00 e. The lowest BCUT2D eigenvalue weighted by Crippen LogP contribution is -3.00. The highest BCUT2D eigenvalue weighted by atomic mass is 35.5. The van der Waals surface area contributed by atoms with E-state index in [9.17, 15) is 4.79 Å². The number of likely N-dealkylation sites (tertiary alicyclic amines) is 1. The Morgan fingerprint density at radius 3 is 2.30 bits per heavy atom. The Bertz CT molecular complexity index is 1420. The molecule has 4 heterocycles. The van der Waals surface area contributed by atoms with E-state index in [1.54, 1.807) is 0 Å². The van der Waals surface area contributed by atoms with Crippen LogP contribution in [0.4, 0.5) is 0 Å². The van der Waals surface area contributed by atoms with Crippen molar-refractivity contribution in [3.63, 3.8) is 0 Å². The highest BCUT2D eigenvalue weighted by Gasteiger charge is 2.54. The van der Waals surface area contributed by atoms with Gasteiger partial charge in [-0.05, 0) is 74.6 Å². The molecular formula is C37H45Cl3N2O2. The molecule has 4 fully saturated rings. The molecule has 44 heavy (non-hydrogen) atoms. The summed E-state index contributed by atoms with van der Waals surface area (Å²) in [5.41, 5.74) is 3.93. The van der Waals surface area contributed by atoms with E-state index in [2.05, 4.69) is 48.2 Å². The summed E-state index contributed by atoms with van der Waals surface area (Å²) >= 11 is 13.0. The molecule has 7 heteroatoms. The number of amides is 1. The molecule has 4 saturated heterocycles. The van der Waals surface area contributed by atoms with Crippen molar-refractivity contribution in [3.8, 4) is 5.75 Å². The van der Waals surface area contributed by atoms with Gasteiger partial charge in [0.2, 0.25) is 5.91 Å². The number of benzene rings is 3. The Labute approximate surface area is 279 Å². The minimum Gasteiger partial charge on any atom is -1.00 e. The van der Waals surface area contributed by atoms with Gasteiger partial charge in [-0.2, -0.15) is 0 Å². The summed E-state index contributed by atoms with van der Waals surface area (Å²) in [5.74, 6) is 1.31. The SMILES string of the molecule is CC(C)Oc1cccc(CC(=O)N2CCCC([C@H](C)[N+]34CCC(c5ccccc5)(CC3)CC4)C2c2ccc(Cl)c(Cl)c2)c1.[Cl-]. The van der Waals surface area contributed by atoms with Crippen molar-refractivity contribution in [3.05, 3.63) is 99.5 Å². The number of hydrogen-bond donors (Lipinski definition) is 0. The summed E-state index contributed by atoms with van der Waals surface area (Å²) in [6.07, 6.45) is 6.28. The molecule has 4 aliphatic heterocycles. The van der Waals surface area contributed by atoms with Crippen molar-refractivity contribution >= 4 is 29.1 Å². The lowest BCUT2D eigenvalue weighted by molar-refractivity contribution is -0.967. The summed E-state index contributed by atoms with van der Waals surface area (Å²) in [6.45, 7) is 10.9. The number of carbonyl (C=O) groups excluding carboxylic acids is 1.